The lowest BCUT2D eigenvalue weighted by molar-refractivity contribution is -0.150. The Kier molecular flexibility index (Phi) is 35.0. The first-order valence-electron chi connectivity index (χ1n) is 51.1. The zero-order valence-electron chi connectivity index (χ0n) is 91.1. The van der Waals surface area contributed by atoms with Crippen LogP contribution < -0.4 is 33.1 Å². The largest absolute Gasteiger partial charge is 0.462 e. The number of carbonyl (C=O) groups is 6. The molecule has 786 valence electrons. The van der Waals surface area contributed by atoms with Crippen LogP contribution in [0.1, 0.15) is 344 Å². The van der Waals surface area contributed by atoms with Gasteiger partial charge in [-0.25, -0.2) is 24.0 Å². The molecule has 29 heteroatoms. The van der Waals surface area contributed by atoms with Crippen molar-refractivity contribution in [2.24, 2.45) is 64.8 Å². The van der Waals surface area contributed by atoms with Crippen molar-refractivity contribution in [3.63, 3.8) is 0 Å². The number of unbranched alkanes of at least 4 members (excludes halogenated alkanes) is 1. The lowest BCUT2D eigenvalue weighted by atomic mass is 9.97. The molecule has 0 spiro atoms. The van der Waals surface area contributed by atoms with Crippen molar-refractivity contribution in [3.8, 4) is 59.2 Å². The fraction of sp³-hybridized carbons (Fsp3) is 0.542. The predicted molar refractivity (Wildman–Crippen MR) is 564 cm³/mol. The van der Waals surface area contributed by atoms with Gasteiger partial charge in [-0.05, 0) is 238 Å². The summed E-state index contributed by atoms with van der Waals surface area (Å²) in [7, 11) is 8.34. The van der Waals surface area contributed by atoms with E-state index in [0.717, 1.165) is 98.5 Å². The van der Waals surface area contributed by atoms with E-state index >= 15 is 0 Å². The summed E-state index contributed by atoms with van der Waals surface area (Å²) >= 11 is 0. The molecule has 4 saturated carbocycles. The number of carbonyl (C=O) groups excluding carboxylic acids is 6. The van der Waals surface area contributed by atoms with Gasteiger partial charge < -0.3 is 81.9 Å². The third kappa shape index (κ3) is 27.2. The Bertz CT molecular complexity index is 7140. The van der Waals surface area contributed by atoms with Crippen molar-refractivity contribution in [1.82, 2.24) is 33.3 Å². The Morgan fingerprint density at radius 3 is 0.939 bits per heavy atom. The monoisotopic (exact) mass is 2010 g/mol. The number of aliphatic hydroxyl groups is 5. The van der Waals surface area contributed by atoms with Crippen molar-refractivity contribution in [2.45, 2.75) is 339 Å². The van der Waals surface area contributed by atoms with Crippen molar-refractivity contribution in [3.05, 3.63) is 212 Å². The lowest BCUT2D eigenvalue weighted by Crippen LogP contribution is -2.29. The Morgan fingerprint density at radius 2 is 0.687 bits per heavy atom. The van der Waals surface area contributed by atoms with Gasteiger partial charge in [-0.15, -0.1) is 0 Å². The number of nitrogens with one attached hydrogen (secondary N) is 1. The van der Waals surface area contributed by atoms with Gasteiger partial charge >= 0.3 is 29.8 Å². The first kappa shape index (κ1) is 114. The number of pyridine rings is 5. The summed E-state index contributed by atoms with van der Waals surface area (Å²) in [5.41, 5.74) is 6.13. The highest BCUT2D eigenvalue weighted by atomic mass is 16.6. The van der Waals surface area contributed by atoms with Crippen molar-refractivity contribution < 1.29 is 82.5 Å². The van der Waals surface area contributed by atoms with Crippen LogP contribution in [0.15, 0.2) is 93.4 Å². The standard InChI is InChI=1S/C25H33NO4.C24H28N2O5.C23H28N2O5.2C23H29NO4/c1-7-8-12-24(3,4)30-23(28)20-16(2)14-19-21(20)17(15-26(6)22(19)27)11-13-25(5,29)18-9-10-18;1-8-23(4,5)30-22(28)19-14(2)11-17-20(19)16(13-26(7)21(17)27)9-10-24(6,29)18-12-15(3)31-25-18;1-14-12-18-20(19(14)22(28)30-11-5-10-24-15(2)26)16(13-25(4)21(18)27)8-9-23(3,29)17-6-7-17;1-13(2)15(4)28-22(26)19-14(3)11-18-20(19)16(12-24(6)21(18)25)9-10-23(5,27)17-7-8-17;1-7-22(3,4)28-21(26)18-14(2)12-17-19(18)15(13-24(6)20(17)25)10-11-23(5,27)16-8-9-16/h15,18,29H,7-10,12,14H2,1-6H3;12-13,29H,8,11H2,1-7H3;13,17,29H,5-7,10-12H2,1-4H3,(H,24,26);12-13,15,17,27H,7-8,11H2,1-6H3;13,16,27H,7-9,12H2,1-6H3/t;24-;;;/m.1.../s1. The third-order valence-corrected chi connectivity index (χ3v) is 28.9. The minimum Gasteiger partial charge on any atom is -0.462 e. The summed E-state index contributed by atoms with van der Waals surface area (Å²) in [6.07, 6.45) is 22.2. The lowest BCUT2D eigenvalue weighted by Gasteiger charge is -2.26. The van der Waals surface area contributed by atoms with Crippen LogP contribution in [-0.4, -0.2) is 148 Å². The molecule has 0 aromatic carbocycles. The molecule has 5 unspecified atom stereocenters. The Hall–Kier alpha value is -12.9. The first-order valence-corrected chi connectivity index (χ1v) is 51.1. The molecule has 0 radical (unpaired) electrons. The van der Waals surface area contributed by atoms with Gasteiger partial charge in [-0.1, -0.05) is 133 Å². The van der Waals surface area contributed by atoms with E-state index in [1.54, 1.807) is 107 Å². The second kappa shape index (κ2) is 45.0. The number of esters is 5. The van der Waals surface area contributed by atoms with Crippen LogP contribution in [0, 0.1) is 95.7 Å². The molecule has 1 amide bonds. The smallest absolute Gasteiger partial charge is 0.339 e. The Labute approximate surface area is 862 Å². The number of nitrogens with zero attached hydrogens (tertiary/aromatic N) is 6. The minimum atomic E-state index is -1.57. The van der Waals surface area contributed by atoms with Gasteiger partial charge in [0.2, 0.25) is 5.91 Å². The minimum absolute atomic E-state index is 0.128. The molecule has 6 aromatic heterocycles. The normalized spacial score (nSPS) is 17.4. The number of fused-ring (bicyclic) bond motifs is 5. The van der Waals surface area contributed by atoms with E-state index in [1.165, 1.54) is 36.7 Å². The summed E-state index contributed by atoms with van der Waals surface area (Å²) in [5.74, 6) is 28.9. The van der Waals surface area contributed by atoms with Gasteiger partial charge in [-0.3, -0.25) is 28.8 Å². The van der Waals surface area contributed by atoms with E-state index in [-0.39, 0.29) is 81.7 Å². The van der Waals surface area contributed by atoms with Crippen molar-refractivity contribution in [1.29, 1.82) is 0 Å². The number of hydrogen-bond acceptors (Lipinski definition) is 23. The molecule has 9 aliphatic rings. The van der Waals surface area contributed by atoms with E-state index in [4.69, 9.17) is 28.2 Å². The highest BCUT2D eigenvalue weighted by Crippen LogP contribution is 2.46. The molecule has 29 nitrogen and oxygen atoms in total. The first-order chi connectivity index (χ1) is 68.4. The summed E-state index contributed by atoms with van der Waals surface area (Å²) in [5, 5.41) is 59.5. The molecule has 4 fully saturated rings. The number of ether oxygens (including phenoxy) is 5. The Balaban J connectivity index is 0.000000175. The van der Waals surface area contributed by atoms with Crippen LogP contribution >= 0.6 is 0 Å². The van der Waals surface area contributed by atoms with Crippen LogP contribution in [0.5, 0.6) is 0 Å². The van der Waals surface area contributed by atoms with Gasteiger partial charge in [0, 0.05) is 201 Å². The summed E-state index contributed by atoms with van der Waals surface area (Å²) in [4.78, 5) is 139. The number of rotatable bonds is 24. The molecule has 6 atom stereocenters. The van der Waals surface area contributed by atoms with Crippen molar-refractivity contribution >= 4 is 63.6 Å². The molecule has 15 rings (SSSR count). The van der Waals surface area contributed by atoms with Gasteiger partial charge in [-0.2, -0.15) is 0 Å². The zero-order chi connectivity index (χ0) is 109. The van der Waals surface area contributed by atoms with Crippen molar-refractivity contribution in [2.75, 3.05) is 13.2 Å². The maximum atomic E-state index is 13.2. The number of amides is 1. The second-order valence-corrected chi connectivity index (χ2v) is 44.1. The predicted octanol–water partition coefficient (Wildman–Crippen LogP) is 13.8. The maximum Gasteiger partial charge on any atom is 0.339 e. The fourth-order valence-corrected chi connectivity index (χ4v) is 18.2. The second-order valence-electron chi connectivity index (χ2n) is 44.1. The topological polar surface area (TPSA) is 398 Å². The molecule has 9 aliphatic carbocycles. The highest BCUT2D eigenvalue weighted by Gasteiger charge is 2.45. The number of aromatic nitrogens is 6. The number of hydrogen-bond donors (Lipinski definition) is 6. The average Bonchev–Trinajstić information content (AvgIpc) is 1.62. The van der Waals surface area contributed by atoms with Crippen LogP contribution in [-0.2, 0) is 125 Å². The molecule has 6 heterocycles. The molecular weight excluding hydrogens is 1870 g/mol. The molecule has 6 N–H and O–H groups in total. The maximum absolute atomic E-state index is 13.2. The van der Waals surface area contributed by atoms with Gasteiger partial charge in [0.1, 0.15) is 56.8 Å². The summed E-state index contributed by atoms with van der Waals surface area (Å²) in [6, 6.07) is 1.61. The fourth-order valence-electron chi connectivity index (χ4n) is 18.2. The van der Waals surface area contributed by atoms with E-state index in [2.05, 4.69) is 76.6 Å². The highest BCUT2D eigenvalue weighted by molar-refractivity contribution is 6.23. The van der Waals surface area contributed by atoms with Gasteiger partial charge in [0.25, 0.3) is 27.8 Å². The summed E-state index contributed by atoms with van der Waals surface area (Å²) < 4.78 is 40.8. The van der Waals surface area contributed by atoms with Crippen LogP contribution in [0.4, 0.5) is 0 Å². The Morgan fingerprint density at radius 1 is 0.415 bits per heavy atom. The van der Waals surface area contributed by atoms with E-state index in [9.17, 15) is 78.3 Å². The molecule has 6 aromatic rings. The molecule has 0 saturated heterocycles. The summed E-state index contributed by atoms with van der Waals surface area (Å²) in [6.45, 7) is 44.5. The van der Waals surface area contributed by atoms with Gasteiger partial charge in [0.05, 0.1) is 34.5 Å². The number of aryl methyl sites for hydroxylation is 6. The van der Waals surface area contributed by atoms with Crippen LogP contribution in [0.3, 0.4) is 0 Å². The molecular formula is C118H147N7O22. The van der Waals surface area contributed by atoms with E-state index < -0.39 is 74.7 Å². The van der Waals surface area contributed by atoms with Gasteiger partial charge in [0.15, 0.2) is 5.60 Å². The molecule has 147 heavy (non-hydrogen) atoms. The third-order valence-electron chi connectivity index (χ3n) is 28.9. The van der Waals surface area contributed by atoms with E-state index in [1.807, 2.05) is 111 Å². The SMILES string of the molecule is CC(=O)NCCCOC(=O)C1=C(C)Cc2c1c(C#CC(C)(O)C1CC1)cn(C)c2=O.CC1=C(C(=O)OC(C)C(C)C)c2c(C#CC(C)(O)C3CC3)cn(C)c(=O)c2C1.CCC(C)(C)OC(=O)C1=C(C)Cc2c1c(C#CC(C)(O)C1CC1)cn(C)c2=O.CCC(C)(C)OC(=O)C1=C(C)Cc2c1c(C#C[C@@](C)(O)c1cc(C)on1)cn(C)c2=O.CCCCC(C)(C)OC(=O)C1=C(C)Cc2c1c(C#CC(C)(O)C1CC1)cn(C)c2=O. The molecule has 0 aliphatic heterocycles. The zero-order valence-corrected chi connectivity index (χ0v) is 91.1. The van der Waals surface area contributed by atoms with Crippen LogP contribution in [0.25, 0.3) is 27.9 Å². The molecule has 0 bridgehead atoms. The van der Waals surface area contributed by atoms with Crippen LogP contribution in [0.2, 0.25) is 0 Å². The average molecular weight is 2020 g/mol. The van der Waals surface area contributed by atoms with E-state index in [0.29, 0.717) is 175 Å². The quantitative estimate of drug-likeness (QED) is 0.0142. The number of allylic oxidation sites excluding steroid dienone is 5.